The standard InChI is InChI=1S/C24H24N4O3S/c1-17(23(29)25-15-18-8-4-3-5-9-18)32-24-27-26-22(19-10-6-11-20(14-19)30-2)28(24)16-21-12-7-13-31-21/h3-14,17H,15-16H2,1-2H3,(H,25,29)/t17-/m0/s1. The van der Waals surface area contributed by atoms with Crippen molar-refractivity contribution in [3.63, 3.8) is 0 Å². The summed E-state index contributed by atoms with van der Waals surface area (Å²) in [7, 11) is 1.63. The number of carbonyl (C=O) groups excluding carboxylic acids is 1. The van der Waals surface area contributed by atoms with Gasteiger partial charge in [0, 0.05) is 12.1 Å². The molecule has 0 aliphatic rings. The molecule has 0 saturated carbocycles. The molecule has 2 heterocycles. The highest BCUT2D eigenvalue weighted by Gasteiger charge is 2.21. The van der Waals surface area contributed by atoms with Gasteiger partial charge in [0.2, 0.25) is 5.91 Å². The van der Waals surface area contributed by atoms with E-state index >= 15 is 0 Å². The third-order valence-electron chi connectivity index (χ3n) is 4.90. The smallest absolute Gasteiger partial charge is 0.233 e. The van der Waals surface area contributed by atoms with Gasteiger partial charge in [-0.2, -0.15) is 0 Å². The van der Waals surface area contributed by atoms with E-state index in [1.165, 1.54) is 11.8 Å². The summed E-state index contributed by atoms with van der Waals surface area (Å²) in [5, 5.41) is 12.1. The fourth-order valence-corrected chi connectivity index (χ4v) is 4.07. The maximum absolute atomic E-state index is 12.7. The van der Waals surface area contributed by atoms with Crippen LogP contribution >= 0.6 is 11.8 Å². The fourth-order valence-electron chi connectivity index (χ4n) is 3.19. The molecule has 0 fully saturated rings. The second-order valence-corrected chi connectivity index (χ2v) is 8.48. The quantitative estimate of drug-likeness (QED) is 0.383. The maximum atomic E-state index is 12.7. The molecule has 0 aliphatic carbocycles. The second kappa shape index (κ2) is 10.2. The topological polar surface area (TPSA) is 82.2 Å². The molecule has 164 valence electrons. The Balaban J connectivity index is 1.54. The predicted molar refractivity (Wildman–Crippen MR) is 123 cm³/mol. The molecule has 7 nitrogen and oxygen atoms in total. The minimum absolute atomic E-state index is 0.0608. The number of ether oxygens (including phenoxy) is 1. The third-order valence-corrected chi connectivity index (χ3v) is 5.98. The van der Waals surface area contributed by atoms with Crippen molar-refractivity contribution in [1.29, 1.82) is 0 Å². The van der Waals surface area contributed by atoms with Crippen LogP contribution in [-0.4, -0.2) is 33.0 Å². The van der Waals surface area contributed by atoms with Gasteiger partial charge < -0.3 is 14.5 Å². The number of rotatable bonds is 9. The van der Waals surface area contributed by atoms with E-state index in [0.29, 0.717) is 24.1 Å². The van der Waals surface area contributed by atoms with E-state index in [4.69, 9.17) is 9.15 Å². The first kappa shape index (κ1) is 21.7. The van der Waals surface area contributed by atoms with Gasteiger partial charge in [0.1, 0.15) is 11.5 Å². The predicted octanol–water partition coefficient (Wildman–Crippen LogP) is 4.39. The highest BCUT2D eigenvalue weighted by Crippen LogP contribution is 2.29. The molecule has 0 bridgehead atoms. The van der Waals surface area contributed by atoms with E-state index in [9.17, 15) is 4.79 Å². The highest BCUT2D eigenvalue weighted by atomic mass is 32.2. The van der Waals surface area contributed by atoms with Gasteiger partial charge in [-0.1, -0.05) is 54.2 Å². The van der Waals surface area contributed by atoms with Crippen LogP contribution in [0.25, 0.3) is 11.4 Å². The van der Waals surface area contributed by atoms with E-state index in [-0.39, 0.29) is 11.2 Å². The van der Waals surface area contributed by atoms with E-state index in [1.807, 2.05) is 78.2 Å². The van der Waals surface area contributed by atoms with Crippen molar-refractivity contribution in [3.05, 3.63) is 84.3 Å². The van der Waals surface area contributed by atoms with Crippen LogP contribution in [-0.2, 0) is 17.9 Å². The summed E-state index contributed by atoms with van der Waals surface area (Å²) in [5.41, 5.74) is 1.93. The number of aromatic nitrogens is 3. The SMILES string of the molecule is COc1cccc(-c2nnc(S[C@@H](C)C(=O)NCc3ccccc3)n2Cc2ccco2)c1. The molecule has 4 rings (SSSR count). The molecule has 2 aromatic carbocycles. The van der Waals surface area contributed by atoms with Gasteiger partial charge >= 0.3 is 0 Å². The Hall–Kier alpha value is -3.52. The van der Waals surface area contributed by atoms with Crippen LogP contribution in [0.15, 0.2) is 82.6 Å². The van der Waals surface area contributed by atoms with Gasteiger partial charge in [0.15, 0.2) is 11.0 Å². The van der Waals surface area contributed by atoms with Crippen molar-refractivity contribution >= 4 is 17.7 Å². The van der Waals surface area contributed by atoms with Crippen molar-refractivity contribution < 1.29 is 13.9 Å². The first-order valence-corrected chi connectivity index (χ1v) is 11.1. The molecular weight excluding hydrogens is 424 g/mol. The summed E-state index contributed by atoms with van der Waals surface area (Å²) in [4.78, 5) is 12.7. The molecule has 0 unspecified atom stereocenters. The van der Waals surface area contributed by atoms with Gasteiger partial charge in [-0.05, 0) is 36.8 Å². The number of amides is 1. The number of nitrogens with zero attached hydrogens (tertiary/aromatic N) is 3. The van der Waals surface area contributed by atoms with Crippen LogP contribution in [0.1, 0.15) is 18.2 Å². The molecule has 1 amide bonds. The zero-order valence-electron chi connectivity index (χ0n) is 17.9. The van der Waals surface area contributed by atoms with Crippen molar-refractivity contribution in [2.24, 2.45) is 0 Å². The van der Waals surface area contributed by atoms with Crippen molar-refractivity contribution in [1.82, 2.24) is 20.1 Å². The van der Waals surface area contributed by atoms with Gasteiger partial charge in [0.05, 0.1) is 25.2 Å². The zero-order valence-corrected chi connectivity index (χ0v) is 18.7. The monoisotopic (exact) mass is 448 g/mol. The zero-order chi connectivity index (χ0) is 22.3. The molecule has 8 heteroatoms. The van der Waals surface area contributed by atoms with Gasteiger partial charge in [-0.3, -0.25) is 9.36 Å². The van der Waals surface area contributed by atoms with Crippen molar-refractivity contribution in [2.45, 2.75) is 30.4 Å². The lowest BCUT2D eigenvalue weighted by Crippen LogP contribution is -2.30. The number of carbonyl (C=O) groups is 1. The Morgan fingerprint density at radius 3 is 2.72 bits per heavy atom. The average molecular weight is 449 g/mol. The van der Waals surface area contributed by atoms with Gasteiger partial charge in [-0.25, -0.2) is 0 Å². The van der Waals surface area contributed by atoms with Gasteiger partial charge in [0.25, 0.3) is 0 Å². The third kappa shape index (κ3) is 5.20. The lowest BCUT2D eigenvalue weighted by atomic mass is 10.2. The molecule has 1 N–H and O–H groups in total. The number of hydrogen-bond acceptors (Lipinski definition) is 6. The second-order valence-electron chi connectivity index (χ2n) is 7.17. The van der Waals surface area contributed by atoms with E-state index in [2.05, 4.69) is 15.5 Å². The normalized spacial score (nSPS) is 11.8. The number of hydrogen-bond donors (Lipinski definition) is 1. The lowest BCUT2D eigenvalue weighted by Gasteiger charge is -2.13. The summed E-state index contributed by atoms with van der Waals surface area (Å²) in [5.74, 6) is 2.13. The summed E-state index contributed by atoms with van der Waals surface area (Å²) < 4.78 is 12.9. The molecule has 2 aromatic heterocycles. The van der Waals surface area contributed by atoms with Crippen LogP contribution in [0.3, 0.4) is 0 Å². The number of methoxy groups -OCH3 is 1. The average Bonchev–Trinajstić information content (AvgIpc) is 3.49. The molecular formula is C24H24N4O3S. The highest BCUT2D eigenvalue weighted by molar-refractivity contribution is 8.00. The first-order chi connectivity index (χ1) is 15.6. The largest absolute Gasteiger partial charge is 0.497 e. The van der Waals surface area contributed by atoms with E-state index < -0.39 is 0 Å². The number of thioether (sulfide) groups is 1. The first-order valence-electron chi connectivity index (χ1n) is 10.2. The Bertz CT molecular complexity index is 1160. The van der Waals surface area contributed by atoms with Crippen molar-refractivity contribution in [2.75, 3.05) is 7.11 Å². The number of benzene rings is 2. The van der Waals surface area contributed by atoms with Crippen LogP contribution < -0.4 is 10.1 Å². The summed E-state index contributed by atoms with van der Waals surface area (Å²) in [6, 6.07) is 21.2. The minimum atomic E-state index is -0.351. The molecule has 32 heavy (non-hydrogen) atoms. The lowest BCUT2D eigenvalue weighted by molar-refractivity contribution is -0.120. The molecule has 0 saturated heterocycles. The van der Waals surface area contributed by atoms with Gasteiger partial charge in [-0.15, -0.1) is 10.2 Å². The number of furan rings is 1. The molecule has 0 aliphatic heterocycles. The van der Waals surface area contributed by atoms with Crippen LogP contribution in [0.4, 0.5) is 0 Å². The minimum Gasteiger partial charge on any atom is -0.497 e. The number of nitrogens with one attached hydrogen (secondary N) is 1. The summed E-state index contributed by atoms with van der Waals surface area (Å²) in [6.07, 6.45) is 1.64. The Morgan fingerprint density at radius 1 is 1.12 bits per heavy atom. The fraction of sp³-hybridized carbons (Fsp3) is 0.208. The Labute approximate surface area is 190 Å². The molecule has 0 spiro atoms. The summed E-state index contributed by atoms with van der Waals surface area (Å²) in [6.45, 7) is 2.80. The molecule has 0 radical (unpaired) electrons. The van der Waals surface area contributed by atoms with E-state index in [1.54, 1.807) is 13.4 Å². The Morgan fingerprint density at radius 2 is 1.97 bits per heavy atom. The molecule has 1 atom stereocenters. The Kier molecular flexibility index (Phi) is 6.91. The maximum Gasteiger partial charge on any atom is 0.233 e. The molecule has 4 aromatic rings. The summed E-state index contributed by atoms with van der Waals surface area (Å²) >= 11 is 1.37. The van der Waals surface area contributed by atoms with Crippen LogP contribution in [0.5, 0.6) is 5.75 Å². The van der Waals surface area contributed by atoms with Crippen LogP contribution in [0.2, 0.25) is 0 Å². The van der Waals surface area contributed by atoms with Crippen molar-refractivity contribution in [3.8, 4) is 17.1 Å². The van der Waals surface area contributed by atoms with E-state index in [0.717, 1.165) is 22.6 Å². The van der Waals surface area contributed by atoms with Crippen LogP contribution in [0, 0.1) is 0 Å².